The Balaban J connectivity index is 1.45. The molecule has 1 aromatic carbocycles. The van der Waals surface area contributed by atoms with E-state index in [2.05, 4.69) is 14.5 Å². The van der Waals surface area contributed by atoms with E-state index in [1.807, 2.05) is 49.9 Å². The van der Waals surface area contributed by atoms with E-state index in [0.717, 1.165) is 48.1 Å². The van der Waals surface area contributed by atoms with Crippen molar-refractivity contribution in [3.8, 4) is 11.5 Å². The summed E-state index contributed by atoms with van der Waals surface area (Å²) in [6.45, 7) is 4.98. The van der Waals surface area contributed by atoms with Crippen molar-refractivity contribution >= 4 is 11.6 Å². The lowest BCUT2D eigenvalue weighted by atomic mass is 9.99. The van der Waals surface area contributed by atoms with E-state index in [9.17, 15) is 0 Å². The molecule has 4 rings (SSSR count). The number of nitrogens with zero attached hydrogens (tertiary/aromatic N) is 4. The molecule has 0 spiro atoms. The number of hydrogen-bond acceptors (Lipinski definition) is 4. The van der Waals surface area contributed by atoms with E-state index in [0.29, 0.717) is 11.9 Å². The van der Waals surface area contributed by atoms with Crippen molar-refractivity contribution in [1.82, 2.24) is 19.4 Å². The van der Waals surface area contributed by atoms with E-state index in [4.69, 9.17) is 21.0 Å². The van der Waals surface area contributed by atoms with Gasteiger partial charge in [0.15, 0.2) is 0 Å². The molecule has 2 aromatic heterocycles. The maximum atomic E-state index is 5.98. The van der Waals surface area contributed by atoms with Crippen molar-refractivity contribution in [3.63, 3.8) is 0 Å². The molecule has 1 aliphatic heterocycles. The first-order valence-corrected chi connectivity index (χ1v) is 9.99. The third-order valence-electron chi connectivity index (χ3n) is 5.37. The number of aryl methyl sites for hydroxylation is 2. The molecule has 6 heteroatoms. The van der Waals surface area contributed by atoms with Gasteiger partial charge in [-0.2, -0.15) is 0 Å². The van der Waals surface area contributed by atoms with Crippen molar-refractivity contribution in [2.75, 3.05) is 6.54 Å². The fraction of sp³-hybridized carbons (Fsp3) is 0.429. The number of imidazole rings is 1. The highest BCUT2D eigenvalue weighted by molar-refractivity contribution is 6.30. The molecule has 142 valence electrons. The van der Waals surface area contributed by atoms with Gasteiger partial charge in [0.25, 0.3) is 0 Å². The molecule has 1 atom stereocenters. The van der Waals surface area contributed by atoms with Crippen LogP contribution in [0.5, 0.6) is 0 Å². The Hall–Kier alpha value is -2.11. The minimum absolute atomic E-state index is 0.580. The van der Waals surface area contributed by atoms with Crippen molar-refractivity contribution in [2.45, 2.75) is 51.7 Å². The van der Waals surface area contributed by atoms with Gasteiger partial charge in [0.2, 0.25) is 5.89 Å². The van der Waals surface area contributed by atoms with Crippen LogP contribution >= 0.6 is 11.6 Å². The predicted octanol–water partition coefficient (Wildman–Crippen LogP) is 4.94. The lowest BCUT2D eigenvalue weighted by Crippen LogP contribution is -2.39. The Morgan fingerprint density at radius 1 is 1.22 bits per heavy atom. The van der Waals surface area contributed by atoms with Crippen molar-refractivity contribution in [2.24, 2.45) is 0 Å². The van der Waals surface area contributed by atoms with Crippen molar-refractivity contribution in [3.05, 3.63) is 59.5 Å². The van der Waals surface area contributed by atoms with E-state index in [1.165, 1.54) is 19.3 Å². The quantitative estimate of drug-likeness (QED) is 0.603. The molecule has 1 saturated heterocycles. The summed E-state index contributed by atoms with van der Waals surface area (Å²) in [6, 6.07) is 8.22. The predicted molar refractivity (Wildman–Crippen MR) is 107 cm³/mol. The van der Waals surface area contributed by atoms with Crippen LogP contribution in [0.1, 0.15) is 37.1 Å². The SMILES string of the molecule is Cc1oc(-c2ccc(Cl)cc2)nc1CN1CCCC[C@H]1CCn1ccnc1. The molecule has 3 aromatic rings. The Bertz CT molecular complexity index is 857. The van der Waals surface area contributed by atoms with Gasteiger partial charge in [0.05, 0.1) is 12.0 Å². The highest BCUT2D eigenvalue weighted by Crippen LogP contribution is 2.27. The van der Waals surface area contributed by atoms with Crippen LogP contribution in [0.25, 0.3) is 11.5 Å². The van der Waals surface area contributed by atoms with Gasteiger partial charge in [-0.05, 0) is 57.0 Å². The molecule has 0 aliphatic carbocycles. The van der Waals surface area contributed by atoms with Crippen molar-refractivity contribution < 1.29 is 4.42 Å². The van der Waals surface area contributed by atoms with E-state index >= 15 is 0 Å². The largest absolute Gasteiger partial charge is 0.441 e. The summed E-state index contributed by atoms with van der Waals surface area (Å²) in [4.78, 5) is 11.5. The summed E-state index contributed by atoms with van der Waals surface area (Å²) in [5.74, 6) is 1.57. The topological polar surface area (TPSA) is 47.1 Å². The average molecular weight is 385 g/mol. The third-order valence-corrected chi connectivity index (χ3v) is 5.62. The van der Waals surface area contributed by atoms with Crippen LogP contribution in [0.3, 0.4) is 0 Å². The first kappa shape index (κ1) is 18.3. The number of benzene rings is 1. The second-order valence-electron chi connectivity index (χ2n) is 7.24. The van der Waals surface area contributed by atoms with Crippen LogP contribution < -0.4 is 0 Å². The van der Waals surface area contributed by atoms with Crippen molar-refractivity contribution in [1.29, 1.82) is 0 Å². The number of piperidine rings is 1. The maximum Gasteiger partial charge on any atom is 0.226 e. The number of rotatable bonds is 6. The lowest BCUT2D eigenvalue weighted by molar-refractivity contribution is 0.126. The number of hydrogen-bond donors (Lipinski definition) is 0. The Morgan fingerprint density at radius 3 is 2.85 bits per heavy atom. The van der Waals surface area contributed by atoms with E-state index < -0.39 is 0 Å². The fourth-order valence-corrected chi connectivity index (χ4v) is 3.92. The zero-order valence-corrected chi connectivity index (χ0v) is 16.4. The summed E-state index contributed by atoms with van der Waals surface area (Å²) in [5, 5.41) is 0.719. The zero-order valence-electron chi connectivity index (χ0n) is 15.6. The minimum atomic E-state index is 0.580. The number of halogens is 1. The normalized spacial score (nSPS) is 18.1. The molecule has 0 saturated carbocycles. The molecule has 0 unspecified atom stereocenters. The molecule has 5 nitrogen and oxygen atoms in total. The minimum Gasteiger partial charge on any atom is -0.441 e. The molecule has 0 radical (unpaired) electrons. The van der Waals surface area contributed by atoms with Gasteiger partial charge in [-0.25, -0.2) is 9.97 Å². The molecule has 1 fully saturated rings. The van der Waals surface area contributed by atoms with E-state index in [-0.39, 0.29) is 0 Å². The summed E-state index contributed by atoms with van der Waals surface area (Å²) in [5.41, 5.74) is 2.00. The second kappa shape index (κ2) is 8.28. The van der Waals surface area contributed by atoms with Gasteiger partial charge in [0.1, 0.15) is 5.76 Å². The monoisotopic (exact) mass is 384 g/mol. The summed E-state index contributed by atoms with van der Waals surface area (Å²) in [6.07, 6.45) is 10.7. The molecule has 1 aliphatic rings. The Labute approximate surface area is 165 Å². The standard InChI is InChI=1S/C21H25ClN4O/c1-16-20(24-21(27-16)17-5-7-18(22)8-6-17)14-26-11-3-2-4-19(26)9-12-25-13-10-23-15-25/h5-8,10,13,15,19H,2-4,9,11-12,14H2,1H3/t19-/m0/s1. The fourth-order valence-electron chi connectivity index (χ4n) is 3.80. The maximum absolute atomic E-state index is 5.98. The molecular weight excluding hydrogens is 360 g/mol. The Kier molecular flexibility index (Phi) is 5.60. The highest BCUT2D eigenvalue weighted by atomic mass is 35.5. The zero-order chi connectivity index (χ0) is 18.6. The second-order valence-corrected chi connectivity index (χ2v) is 7.67. The summed E-state index contributed by atoms with van der Waals surface area (Å²) in [7, 11) is 0. The molecule has 27 heavy (non-hydrogen) atoms. The molecule has 3 heterocycles. The van der Waals surface area contributed by atoms with Gasteiger partial charge >= 0.3 is 0 Å². The molecule has 0 bridgehead atoms. The van der Waals surface area contributed by atoms with Crippen LogP contribution in [0.4, 0.5) is 0 Å². The summed E-state index contributed by atoms with van der Waals surface area (Å²) < 4.78 is 8.10. The third kappa shape index (κ3) is 4.42. The Morgan fingerprint density at radius 2 is 2.07 bits per heavy atom. The van der Waals surface area contributed by atoms with Gasteiger partial charge in [-0.3, -0.25) is 4.90 Å². The van der Waals surface area contributed by atoms with Gasteiger partial charge in [-0.15, -0.1) is 0 Å². The lowest BCUT2D eigenvalue weighted by Gasteiger charge is -2.35. The number of likely N-dealkylation sites (tertiary alicyclic amines) is 1. The first-order chi connectivity index (χ1) is 13.2. The molecular formula is C21H25ClN4O. The molecule has 0 N–H and O–H groups in total. The smallest absolute Gasteiger partial charge is 0.226 e. The van der Waals surface area contributed by atoms with E-state index in [1.54, 1.807) is 0 Å². The van der Waals surface area contributed by atoms with Crippen LogP contribution in [-0.2, 0) is 13.1 Å². The van der Waals surface area contributed by atoms with Gasteiger partial charge in [-0.1, -0.05) is 18.0 Å². The first-order valence-electron chi connectivity index (χ1n) is 9.61. The molecule has 0 amide bonds. The van der Waals surface area contributed by atoms with Gasteiger partial charge in [0, 0.05) is 42.1 Å². The average Bonchev–Trinajstić information content (AvgIpc) is 3.32. The number of aromatic nitrogens is 3. The van der Waals surface area contributed by atoms with Crippen LogP contribution in [0, 0.1) is 6.92 Å². The van der Waals surface area contributed by atoms with Crippen LogP contribution in [0.15, 0.2) is 47.4 Å². The highest BCUT2D eigenvalue weighted by Gasteiger charge is 2.24. The number of oxazole rings is 1. The van der Waals surface area contributed by atoms with Crippen LogP contribution in [0.2, 0.25) is 5.02 Å². The van der Waals surface area contributed by atoms with Gasteiger partial charge < -0.3 is 8.98 Å². The van der Waals surface area contributed by atoms with Crippen LogP contribution in [-0.4, -0.2) is 32.0 Å². The summed E-state index contributed by atoms with van der Waals surface area (Å²) >= 11 is 5.98.